The molecule has 0 atom stereocenters. The third-order valence-electron chi connectivity index (χ3n) is 5.43. The highest BCUT2D eigenvalue weighted by atomic mass is 16.5. The zero-order valence-electron chi connectivity index (χ0n) is 21.5. The summed E-state index contributed by atoms with van der Waals surface area (Å²) in [5.41, 5.74) is 3.05. The Balaban J connectivity index is 1.49. The first-order chi connectivity index (χ1) is 17.8. The molecule has 2 aromatic heterocycles. The highest BCUT2D eigenvalue weighted by Gasteiger charge is 2.21. The van der Waals surface area contributed by atoms with E-state index in [-0.39, 0.29) is 11.4 Å². The summed E-state index contributed by atoms with van der Waals surface area (Å²) in [7, 11) is 1.67. The Morgan fingerprint density at radius 2 is 1.76 bits per heavy atom. The second-order valence-electron chi connectivity index (χ2n) is 9.44. The molecule has 0 radical (unpaired) electrons. The minimum absolute atomic E-state index is 0.198. The number of methoxy groups -OCH3 is 1. The number of anilines is 3. The van der Waals surface area contributed by atoms with Crippen molar-refractivity contribution in [2.75, 3.05) is 36.2 Å². The Kier molecular flexibility index (Phi) is 8.05. The minimum atomic E-state index is -0.378. The molecule has 9 heteroatoms. The number of nitrogens with zero attached hydrogens (tertiary/aromatic N) is 3. The first-order valence-electron chi connectivity index (χ1n) is 12.0. The molecule has 0 fully saturated rings. The van der Waals surface area contributed by atoms with E-state index in [4.69, 9.17) is 14.6 Å². The van der Waals surface area contributed by atoms with Crippen molar-refractivity contribution in [1.82, 2.24) is 14.8 Å². The van der Waals surface area contributed by atoms with Crippen molar-refractivity contribution in [3.63, 3.8) is 0 Å². The van der Waals surface area contributed by atoms with Crippen LogP contribution in [0, 0.1) is 0 Å². The molecule has 9 nitrogen and oxygen atoms in total. The number of amides is 2. The fraction of sp³-hybridized carbons (Fsp3) is 0.250. The van der Waals surface area contributed by atoms with Gasteiger partial charge in [0.2, 0.25) is 0 Å². The van der Waals surface area contributed by atoms with Crippen LogP contribution in [0.1, 0.15) is 26.5 Å². The van der Waals surface area contributed by atoms with Crippen LogP contribution in [0.5, 0.6) is 11.5 Å². The van der Waals surface area contributed by atoms with Crippen LogP contribution in [0.25, 0.3) is 5.69 Å². The standard InChI is InChI=1S/C28H32N6O3/c1-28(2,3)25-18-26(34(33-25)22-8-5-7-21(17-22)30-15-16-36-4)32-27(35)31-20-10-12-23(13-11-20)37-24-9-6-14-29-19-24/h5-14,17-19,30H,15-16H2,1-4H3,(H2,31,32,35). The van der Waals surface area contributed by atoms with Gasteiger partial charge in [0.1, 0.15) is 17.3 Å². The summed E-state index contributed by atoms with van der Waals surface area (Å²) < 4.78 is 12.6. The molecule has 4 aromatic rings. The Morgan fingerprint density at radius 3 is 2.46 bits per heavy atom. The Labute approximate surface area is 216 Å². The number of benzene rings is 2. The number of urea groups is 1. The summed E-state index contributed by atoms with van der Waals surface area (Å²) in [6.07, 6.45) is 3.32. The summed E-state index contributed by atoms with van der Waals surface area (Å²) >= 11 is 0. The second-order valence-corrected chi connectivity index (χ2v) is 9.44. The third kappa shape index (κ3) is 7.08. The predicted octanol–water partition coefficient (Wildman–Crippen LogP) is 6.06. The number of aromatic nitrogens is 3. The van der Waals surface area contributed by atoms with Crippen molar-refractivity contribution in [1.29, 1.82) is 0 Å². The fourth-order valence-electron chi connectivity index (χ4n) is 3.51. The zero-order chi connectivity index (χ0) is 26.3. The van der Waals surface area contributed by atoms with Gasteiger partial charge < -0.3 is 20.1 Å². The zero-order valence-corrected chi connectivity index (χ0v) is 21.5. The van der Waals surface area contributed by atoms with Crippen LogP contribution in [0.4, 0.5) is 22.0 Å². The molecule has 0 aliphatic heterocycles. The molecule has 0 saturated heterocycles. The SMILES string of the molecule is COCCNc1cccc(-n2nc(C(C)(C)C)cc2NC(=O)Nc2ccc(Oc3cccnc3)cc2)c1. The van der Waals surface area contributed by atoms with Crippen LogP contribution in [-0.2, 0) is 10.2 Å². The molecular weight excluding hydrogens is 468 g/mol. The molecule has 0 saturated carbocycles. The van der Waals surface area contributed by atoms with Crippen molar-refractivity contribution in [2.24, 2.45) is 0 Å². The molecule has 0 spiro atoms. The molecule has 0 bridgehead atoms. The van der Waals surface area contributed by atoms with Gasteiger partial charge in [-0.2, -0.15) is 5.10 Å². The van der Waals surface area contributed by atoms with E-state index in [2.05, 4.69) is 41.7 Å². The van der Waals surface area contributed by atoms with Crippen LogP contribution in [-0.4, -0.2) is 41.1 Å². The van der Waals surface area contributed by atoms with Gasteiger partial charge in [0.05, 0.1) is 24.2 Å². The van der Waals surface area contributed by atoms with E-state index in [1.807, 2.05) is 36.4 Å². The van der Waals surface area contributed by atoms with Crippen molar-refractivity contribution < 1.29 is 14.3 Å². The lowest BCUT2D eigenvalue weighted by Gasteiger charge is -2.14. The van der Waals surface area contributed by atoms with E-state index in [0.29, 0.717) is 36.2 Å². The first-order valence-corrected chi connectivity index (χ1v) is 12.0. The predicted molar refractivity (Wildman–Crippen MR) is 146 cm³/mol. The molecule has 2 amide bonds. The molecule has 2 heterocycles. The summed E-state index contributed by atoms with van der Waals surface area (Å²) in [5, 5.41) is 13.9. The largest absolute Gasteiger partial charge is 0.456 e. The number of hydrogen-bond acceptors (Lipinski definition) is 6. The van der Waals surface area contributed by atoms with E-state index in [1.54, 1.807) is 54.5 Å². The van der Waals surface area contributed by atoms with Crippen LogP contribution in [0.15, 0.2) is 79.1 Å². The van der Waals surface area contributed by atoms with Gasteiger partial charge in [-0.25, -0.2) is 9.48 Å². The van der Waals surface area contributed by atoms with Crippen molar-refractivity contribution in [3.05, 3.63) is 84.8 Å². The number of ether oxygens (including phenoxy) is 2. The molecule has 0 unspecified atom stereocenters. The highest BCUT2D eigenvalue weighted by molar-refractivity contribution is 5.99. The summed E-state index contributed by atoms with van der Waals surface area (Å²) in [6.45, 7) is 7.54. The number of rotatable bonds is 9. The van der Waals surface area contributed by atoms with Gasteiger partial charge in [-0.15, -0.1) is 0 Å². The smallest absolute Gasteiger partial charge is 0.324 e. The minimum Gasteiger partial charge on any atom is -0.456 e. The Hall–Kier alpha value is -4.37. The van der Waals surface area contributed by atoms with E-state index in [9.17, 15) is 4.79 Å². The highest BCUT2D eigenvalue weighted by Crippen LogP contribution is 2.28. The lowest BCUT2D eigenvalue weighted by molar-refractivity contribution is 0.211. The summed E-state index contributed by atoms with van der Waals surface area (Å²) in [5.74, 6) is 1.85. The molecule has 0 aliphatic carbocycles. The number of hydrogen-bond donors (Lipinski definition) is 3. The summed E-state index contributed by atoms with van der Waals surface area (Å²) in [6, 6.07) is 20.1. The average molecular weight is 501 g/mol. The maximum absolute atomic E-state index is 12.9. The second kappa shape index (κ2) is 11.6. The normalized spacial score (nSPS) is 11.1. The van der Waals surface area contributed by atoms with Gasteiger partial charge in [0.15, 0.2) is 0 Å². The molecular formula is C28H32N6O3. The molecule has 0 aliphatic rings. The maximum atomic E-state index is 12.9. The van der Waals surface area contributed by atoms with Crippen LogP contribution < -0.4 is 20.7 Å². The molecule has 37 heavy (non-hydrogen) atoms. The molecule has 3 N–H and O–H groups in total. The van der Waals surface area contributed by atoms with Crippen molar-refractivity contribution >= 4 is 23.2 Å². The van der Waals surface area contributed by atoms with Crippen LogP contribution >= 0.6 is 0 Å². The topological polar surface area (TPSA) is 102 Å². The van der Waals surface area contributed by atoms with E-state index >= 15 is 0 Å². The third-order valence-corrected chi connectivity index (χ3v) is 5.43. The number of carbonyl (C=O) groups excluding carboxylic acids is 1. The number of carbonyl (C=O) groups is 1. The van der Waals surface area contributed by atoms with Crippen molar-refractivity contribution in [2.45, 2.75) is 26.2 Å². The van der Waals surface area contributed by atoms with Crippen LogP contribution in [0.2, 0.25) is 0 Å². The monoisotopic (exact) mass is 500 g/mol. The quantitative estimate of drug-likeness (QED) is 0.242. The van der Waals surface area contributed by atoms with E-state index in [1.165, 1.54) is 0 Å². The Bertz CT molecular complexity index is 1310. The van der Waals surface area contributed by atoms with Gasteiger partial charge >= 0.3 is 6.03 Å². The van der Waals surface area contributed by atoms with Gasteiger partial charge in [-0.3, -0.25) is 10.3 Å². The Morgan fingerprint density at radius 1 is 0.946 bits per heavy atom. The van der Waals surface area contributed by atoms with Gasteiger partial charge in [0, 0.05) is 42.7 Å². The lowest BCUT2D eigenvalue weighted by atomic mass is 9.92. The molecule has 4 rings (SSSR count). The number of nitrogens with one attached hydrogen (secondary N) is 3. The average Bonchev–Trinajstić information content (AvgIpc) is 3.30. The molecule has 192 valence electrons. The van der Waals surface area contributed by atoms with Crippen LogP contribution in [0.3, 0.4) is 0 Å². The van der Waals surface area contributed by atoms with Crippen molar-refractivity contribution in [3.8, 4) is 17.2 Å². The van der Waals surface area contributed by atoms with Gasteiger partial charge in [-0.05, 0) is 54.6 Å². The first kappa shape index (κ1) is 25.7. The van der Waals surface area contributed by atoms with E-state index < -0.39 is 0 Å². The summed E-state index contributed by atoms with van der Waals surface area (Å²) in [4.78, 5) is 17.0. The molecule has 2 aromatic carbocycles. The lowest BCUT2D eigenvalue weighted by Crippen LogP contribution is -2.21. The van der Waals surface area contributed by atoms with Gasteiger partial charge in [-0.1, -0.05) is 26.8 Å². The van der Waals surface area contributed by atoms with Gasteiger partial charge in [0.25, 0.3) is 0 Å². The fourth-order valence-corrected chi connectivity index (χ4v) is 3.51. The maximum Gasteiger partial charge on any atom is 0.324 e. The van der Waals surface area contributed by atoms with E-state index in [0.717, 1.165) is 17.1 Å². The number of pyridine rings is 1.